The Labute approximate surface area is 659 Å². The van der Waals surface area contributed by atoms with Gasteiger partial charge >= 0.3 is 23.9 Å². The molecule has 25 nitrogen and oxygen atoms in total. The Balaban J connectivity index is 0.000000128. The highest BCUT2D eigenvalue weighted by atomic mass is 16.6. The maximum atomic E-state index is 13.9. The Bertz CT molecular complexity index is 4740. The quantitative estimate of drug-likeness (QED) is 0.0459. The van der Waals surface area contributed by atoms with Crippen molar-refractivity contribution in [1.29, 1.82) is 0 Å². The maximum Gasteiger partial charge on any atom is 0.360 e. The standard InChI is InChI=1S/C30H40N4O4.C29H36N4O6.C29H38N4O3/c1-18(2)38-32-28(30(36)37)27-29(35)34(26-10-6-5-9-25(26)31-27)24-16-21-11-12-22(17-24)33(21)23-14-19-7-3-4-8-20(13-19)15-23;34-25(35)16-39-31-27(29(37)38)26-28(36)33(24-10-2-1-9-23(24)30-26)22-14-19-7-4-8-20(15-22)32(19)21-12-17-5-3-6-18(11-17)13-21;1-2-30-27(29(35)36)26-28(34)33(25-10-6-5-9-24(25)31-26)23-16-20-11-12-21(17-23)32(20)22-14-18-7-3-4-8-19(13-18)15-22/h5-6,9-10,18-24H,3-4,7-8,11-17H2,1-2H3,(H,36,37);1-2,9-10,17-22H,3-8,11-16H2,(H,34,35)(H,37,38);5-6,9-10,18-23H,2-4,7-8,11-17H2,1H3,(H,35,36)/b32-28-;31-27-;/t19-,20+,21-,22+,23?,24?;17-,18+,19-,20+,21?,22?;18-,19+,20-,21+,22?,23?. The number of aliphatic imine (C=N–C) groups is 1. The number of fused-ring (bicyclic) bond motifs is 15. The molecule has 6 saturated heterocycles. The molecule has 604 valence electrons. The second-order valence-electron chi connectivity index (χ2n) is 35.8. The first-order valence-electron chi connectivity index (χ1n) is 43.1. The van der Waals surface area contributed by atoms with E-state index in [1.165, 1.54) is 161 Å². The molecule has 6 unspecified atom stereocenters. The number of oxime groups is 2. The lowest BCUT2D eigenvalue weighted by Gasteiger charge is -2.55. The number of benzene rings is 3. The number of aromatic nitrogens is 6. The fourth-order valence-corrected chi connectivity index (χ4v) is 24.4. The Morgan fingerprint density at radius 2 is 0.681 bits per heavy atom. The average molecular weight is 1550 g/mol. The van der Waals surface area contributed by atoms with E-state index < -0.39 is 53.0 Å². The molecule has 6 aliphatic heterocycles. The van der Waals surface area contributed by atoms with Gasteiger partial charge in [-0.1, -0.05) is 124 Å². The zero-order valence-corrected chi connectivity index (χ0v) is 66.0. The first-order valence-corrected chi connectivity index (χ1v) is 43.1. The first kappa shape index (κ1) is 78.3. The number of piperidine rings is 4. The predicted octanol–water partition coefficient (Wildman–Crippen LogP) is 13.8. The summed E-state index contributed by atoms with van der Waals surface area (Å²) in [4.78, 5) is 125. The fraction of sp³-hybridized carbons (Fsp3) is 0.648. The fourth-order valence-electron chi connectivity index (χ4n) is 24.4. The molecular formula is C88H114N12O13. The van der Waals surface area contributed by atoms with Gasteiger partial charge in [-0.15, -0.1) is 0 Å². The molecule has 18 atom stereocenters. The van der Waals surface area contributed by atoms with Crippen LogP contribution in [-0.2, 0) is 28.9 Å². The van der Waals surface area contributed by atoms with Crippen LogP contribution in [0.2, 0.25) is 0 Å². The molecule has 12 aliphatic rings. The molecule has 0 spiro atoms. The molecule has 113 heavy (non-hydrogen) atoms. The van der Waals surface area contributed by atoms with E-state index in [2.05, 4.69) is 45.0 Å². The van der Waals surface area contributed by atoms with Crippen LogP contribution in [0.4, 0.5) is 0 Å². The summed E-state index contributed by atoms with van der Waals surface area (Å²) < 4.78 is 5.43. The third-order valence-electron chi connectivity index (χ3n) is 28.4. The smallest absolute Gasteiger partial charge is 0.360 e. The molecule has 0 amide bonds. The van der Waals surface area contributed by atoms with Gasteiger partial charge in [0.15, 0.2) is 22.8 Å². The summed E-state index contributed by atoms with van der Waals surface area (Å²) in [7, 11) is 0. The van der Waals surface area contributed by atoms with Crippen LogP contribution in [0, 0.1) is 35.5 Å². The molecule has 18 rings (SSSR count). The average Bonchev–Trinajstić information content (AvgIpc) is 1.71. The predicted molar refractivity (Wildman–Crippen MR) is 431 cm³/mol. The van der Waals surface area contributed by atoms with Crippen molar-refractivity contribution in [2.24, 2.45) is 50.8 Å². The van der Waals surface area contributed by atoms with E-state index in [4.69, 9.17) is 14.8 Å². The van der Waals surface area contributed by atoms with Crippen molar-refractivity contribution in [2.45, 2.75) is 311 Å². The molecule has 12 fully saturated rings. The highest BCUT2D eigenvalue weighted by Gasteiger charge is 2.51. The van der Waals surface area contributed by atoms with Gasteiger partial charge in [0.05, 0.1) is 33.1 Å². The van der Waals surface area contributed by atoms with Crippen molar-refractivity contribution < 1.29 is 49.3 Å². The van der Waals surface area contributed by atoms with Crippen LogP contribution in [0.25, 0.3) is 33.1 Å². The van der Waals surface area contributed by atoms with Crippen LogP contribution in [0.1, 0.15) is 268 Å². The van der Waals surface area contributed by atoms with Crippen molar-refractivity contribution in [1.82, 2.24) is 43.4 Å². The zero-order chi connectivity index (χ0) is 78.3. The van der Waals surface area contributed by atoms with Crippen molar-refractivity contribution in [3.63, 3.8) is 0 Å². The second kappa shape index (κ2) is 34.1. The summed E-state index contributed by atoms with van der Waals surface area (Å²) >= 11 is 0. The lowest BCUT2D eigenvalue weighted by Crippen LogP contribution is -2.58. The van der Waals surface area contributed by atoms with E-state index in [1.807, 2.05) is 69.8 Å². The van der Waals surface area contributed by atoms with Gasteiger partial charge in [0.25, 0.3) is 16.7 Å². The first-order chi connectivity index (χ1) is 54.8. The molecule has 12 bridgehead atoms. The highest BCUT2D eigenvalue weighted by molar-refractivity contribution is 6.43. The summed E-state index contributed by atoms with van der Waals surface area (Å²) in [6.07, 6.45) is 40.9. The lowest BCUT2D eigenvalue weighted by molar-refractivity contribution is -0.142. The molecule has 6 aromatic rings. The van der Waals surface area contributed by atoms with Crippen LogP contribution in [0.15, 0.2) is 102 Å². The monoisotopic (exact) mass is 1550 g/mol. The van der Waals surface area contributed by atoms with Gasteiger partial charge in [-0.25, -0.2) is 34.1 Å². The minimum absolute atomic E-state index is 0.00910. The van der Waals surface area contributed by atoms with Crippen molar-refractivity contribution in [3.8, 4) is 0 Å². The third-order valence-corrected chi connectivity index (χ3v) is 28.4. The number of carboxylic acids is 4. The van der Waals surface area contributed by atoms with E-state index in [-0.39, 0.29) is 52.6 Å². The number of carbonyl (C=O) groups is 4. The number of rotatable bonds is 18. The third kappa shape index (κ3) is 16.4. The Morgan fingerprint density at radius 1 is 0.381 bits per heavy atom. The molecule has 4 N–H and O–H groups in total. The summed E-state index contributed by atoms with van der Waals surface area (Å²) in [5.41, 5.74) is 0.879. The SMILES string of the molecule is CC(C)O/N=C(\C(=O)O)c1nc2ccccc2n(C2C[C@H]3CC[C@@H](C2)N3C2C[C@H]3CCCC[C@@H](C2)C3)c1=O.CCN=C(C(=O)O)c1nc2ccccc2n(C2C[C@H]3CC[C@@H](C2)N3C2C[C@H]3CCCC[C@@H](C2)C3)c1=O.O=C(O)CO/N=C(\C(=O)O)c1nc2ccccc2n(C2C[C@H]3CCC[C@@H](C2)N3C2C[C@H]3CCC[C@@H](C2)C3)c1=O. The second-order valence-corrected chi connectivity index (χ2v) is 35.8. The Hall–Kier alpha value is -8.55. The number of carboxylic acid groups (broad SMARTS) is 4. The minimum atomic E-state index is -1.50. The summed E-state index contributed by atoms with van der Waals surface area (Å²) in [5.74, 6) is -0.0371. The van der Waals surface area contributed by atoms with Gasteiger partial charge in [0, 0.05) is 79.0 Å². The summed E-state index contributed by atoms with van der Waals surface area (Å²) in [6.45, 7) is 4.78. The molecule has 0 radical (unpaired) electrons. The molecule has 3 aromatic heterocycles. The zero-order valence-electron chi connectivity index (χ0n) is 66.0. The van der Waals surface area contributed by atoms with Gasteiger partial charge in [0.1, 0.15) is 6.10 Å². The molecule has 25 heteroatoms. The molecule has 9 heterocycles. The summed E-state index contributed by atoms with van der Waals surface area (Å²) in [5, 5.41) is 45.7. The number of hydrogen-bond acceptors (Lipinski definition) is 18. The molecule has 6 saturated carbocycles. The van der Waals surface area contributed by atoms with Crippen molar-refractivity contribution in [2.75, 3.05) is 13.2 Å². The Morgan fingerprint density at radius 3 is 1.00 bits per heavy atom. The van der Waals surface area contributed by atoms with Crippen LogP contribution < -0.4 is 16.7 Å². The number of hydrogen-bond donors (Lipinski definition) is 4. The molecule has 3 aromatic carbocycles. The van der Waals surface area contributed by atoms with Crippen LogP contribution >= 0.6 is 0 Å². The Kier molecular flexibility index (Phi) is 23.6. The van der Waals surface area contributed by atoms with Crippen LogP contribution in [-0.4, -0.2) is 178 Å². The number of nitrogens with zero attached hydrogens (tertiary/aromatic N) is 12. The van der Waals surface area contributed by atoms with Gasteiger partial charge < -0.3 is 43.8 Å². The van der Waals surface area contributed by atoms with Crippen molar-refractivity contribution in [3.05, 3.63) is 121 Å². The van der Waals surface area contributed by atoms with E-state index in [1.54, 1.807) is 37.5 Å². The van der Waals surface area contributed by atoms with Gasteiger partial charge in [-0.3, -0.25) is 34.1 Å². The van der Waals surface area contributed by atoms with Crippen molar-refractivity contribution >= 4 is 74.1 Å². The number of para-hydroxylation sites is 6. The normalized spacial score (nSPS) is 32.0. The van der Waals surface area contributed by atoms with Crippen LogP contribution in [0.5, 0.6) is 0 Å². The van der Waals surface area contributed by atoms with E-state index >= 15 is 0 Å². The van der Waals surface area contributed by atoms with Gasteiger partial charge in [0.2, 0.25) is 18.0 Å². The van der Waals surface area contributed by atoms with E-state index in [9.17, 15) is 48.9 Å². The molecular weight excluding hydrogens is 1430 g/mol. The largest absolute Gasteiger partial charge is 0.479 e. The lowest BCUT2D eigenvalue weighted by atomic mass is 9.68. The number of aliphatic carboxylic acids is 4. The van der Waals surface area contributed by atoms with Crippen LogP contribution in [0.3, 0.4) is 0 Å². The molecule has 6 aliphatic carbocycles. The highest BCUT2D eigenvalue weighted by Crippen LogP contribution is 2.52. The van der Waals surface area contributed by atoms with Gasteiger partial charge in [-0.05, 0) is 228 Å². The maximum absolute atomic E-state index is 13.9. The topological polar surface area (TPSA) is 319 Å². The van der Waals surface area contributed by atoms with Gasteiger partial charge in [-0.2, -0.15) is 0 Å². The summed E-state index contributed by atoms with van der Waals surface area (Å²) in [6, 6.07) is 27.2. The minimum Gasteiger partial charge on any atom is -0.479 e. The van der Waals surface area contributed by atoms with E-state index in [0.717, 1.165) is 97.9 Å². The van der Waals surface area contributed by atoms with E-state index in [0.29, 0.717) is 83.0 Å².